The molecule has 3 aromatic heterocycles. The monoisotopic (exact) mass is 1250 g/mol. The Bertz CT molecular complexity index is 3760. The van der Waals surface area contributed by atoms with Crippen LogP contribution in [-0.2, 0) is 28.6 Å². The van der Waals surface area contributed by atoms with Crippen molar-refractivity contribution in [2.24, 2.45) is 5.41 Å². The number of aliphatic hydroxyl groups excluding tert-OH is 1. The summed E-state index contributed by atoms with van der Waals surface area (Å²) in [7, 11) is 1.47. The number of halogens is 2. The zero-order valence-corrected chi connectivity index (χ0v) is 52.8. The summed E-state index contributed by atoms with van der Waals surface area (Å²) in [5.74, 6) is 0.356. The van der Waals surface area contributed by atoms with E-state index < -0.39 is 64.6 Å². The molecule has 4 aliphatic heterocycles. The number of benzene rings is 3. The van der Waals surface area contributed by atoms with Gasteiger partial charge in [0.2, 0.25) is 17.7 Å². The first-order valence-corrected chi connectivity index (χ1v) is 31.0. The van der Waals surface area contributed by atoms with Crippen LogP contribution in [0.5, 0.6) is 11.8 Å². The number of hydrogen-bond acceptors (Lipinski definition) is 17. The van der Waals surface area contributed by atoms with Crippen molar-refractivity contribution in [2.45, 2.75) is 141 Å². The number of methoxy groups -OCH3 is 1. The SMILES string of the molecule is C#Cc1c(F)ccc2cc(OCOC)cc(-c3ncc4c(N5CC6CCC(C5)N6C(=O)OC(C)(C)C)nc(OC[C@@H]5CCCN5CCCOCCC(=O)N[C@H](C(=O)N5C[C@H](O)C[C@H]5C(=O)N[C@@H](C)c5ccc(-c6ccncc6C#N)cc5)C(C)(C)C)nc4c3F)c12. The van der Waals surface area contributed by atoms with Gasteiger partial charge in [0.15, 0.2) is 12.6 Å². The van der Waals surface area contributed by atoms with Crippen molar-refractivity contribution >= 4 is 51.3 Å². The van der Waals surface area contributed by atoms with Crippen LogP contribution in [0, 0.1) is 40.7 Å². The number of rotatable bonds is 21. The van der Waals surface area contributed by atoms with Gasteiger partial charge in [0, 0.05) is 93.9 Å². The fourth-order valence-corrected chi connectivity index (χ4v) is 12.8. The van der Waals surface area contributed by atoms with Crippen LogP contribution in [0.15, 0.2) is 73.2 Å². The van der Waals surface area contributed by atoms with E-state index in [1.807, 2.05) is 82.5 Å². The maximum Gasteiger partial charge on any atom is 0.410 e. The van der Waals surface area contributed by atoms with Crippen molar-refractivity contribution in [2.75, 3.05) is 71.3 Å². The molecule has 4 fully saturated rings. The van der Waals surface area contributed by atoms with Gasteiger partial charge in [-0.05, 0) is 113 Å². The van der Waals surface area contributed by atoms with Crippen LogP contribution in [0.25, 0.3) is 44.1 Å². The van der Waals surface area contributed by atoms with E-state index in [0.717, 1.165) is 48.9 Å². The highest BCUT2D eigenvalue weighted by molar-refractivity contribution is 6.03. The van der Waals surface area contributed by atoms with Crippen molar-refractivity contribution in [3.63, 3.8) is 0 Å². The van der Waals surface area contributed by atoms with E-state index in [9.17, 15) is 29.5 Å². The maximum atomic E-state index is 17.7. The van der Waals surface area contributed by atoms with E-state index in [1.165, 1.54) is 36.5 Å². The number of pyridine rings is 2. The Hall–Kier alpha value is -8.61. The van der Waals surface area contributed by atoms with Crippen LogP contribution in [0.2, 0.25) is 0 Å². The Labute approximate surface area is 528 Å². The largest absolute Gasteiger partial charge is 0.468 e. The molecule has 480 valence electrons. The number of aliphatic hydroxyl groups is 1. The van der Waals surface area contributed by atoms with Gasteiger partial charge in [0.25, 0.3) is 0 Å². The van der Waals surface area contributed by atoms with Gasteiger partial charge in [-0.2, -0.15) is 15.2 Å². The second-order valence-electron chi connectivity index (χ2n) is 25.9. The number of nitrogens with one attached hydrogen (secondary N) is 2. The van der Waals surface area contributed by atoms with Crippen LogP contribution in [0.1, 0.15) is 116 Å². The smallest absolute Gasteiger partial charge is 0.410 e. The van der Waals surface area contributed by atoms with Gasteiger partial charge in [0.05, 0.1) is 47.3 Å². The molecule has 0 aliphatic carbocycles. The van der Waals surface area contributed by atoms with Gasteiger partial charge < -0.3 is 49.2 Å². The number of carbonyl (C=O) groups excluding carboxylic acids is 4. The molecule has 10 rings (SSSR count). The molecule has 0 saturated carbocycles. The number of terminal acetylenes is 1. The highest BCUT2D eigenvalue weighted by Gasteiger charge is 2.47. The zero-order valence-electron chi connectivity index (χ0n) is 52.8. The molecule has 4 amide bonds. The lowest BCUT2D eigenvalue weighted by atomic mass is 9.85. The molecule has 2 unspecified atom stereocenters. The second kappa shape index (κ2) is 27.9. The maximum absolute atomic E-state index is 17.7. The van der Waals surface area contributed by atoms with Crippen LogP contribution in [0.3, 0.4) is 0 Å². The number of amides is 4. The highest BCUT2D eigenvalue weighted by Crippen LogP contribution is 2.41. The quantitative estimate of drug-likeness (QED) is 0.0347. The molecule has 7 heterocycles. The standard InChI is InChI=1S/C68H79F2N11O10/c1-10-50-54(69)21-18-43-29-49(90-39-87-9)31-52(57(43)50)59-58(70)60-53(34-73-59)62(79-35-45-19-20-46(36-79)81(45)66(86)91-68(6,7)8)77-65(76-60)89-38-47-13-11-25-78(47)26-12-27-88-28-23-56(83)75-61(67(3,4)5)64(85)80-37-48(82)30-55(80)63(84)74-40(2)41-14-16-42(17-15-41)51-22-24-72-33-44(51)32-71/h1,14-18,21-22,24,29,31,33-34,40,45-48,55,61,82H,11-13,19-20,23,25-28,30,35-39H2,2-9H3,(H,74,84)(H,75,83)/t40-,45?,46?,47-,48+,55-,61+/m0/s1. The number of piperazine rings is 1. The summed E-state index contributed by atoms with van der Waals surface area (Å²) in [5.41, 5.74) is 1.24. The van der Waals surface area contributed by atoms with Gasteiger partial charge in [0.1, 0.15) is 59.0 Å². The molecule has 3 N–H and O–H groups in total. The molecule has 4 saturated heterocycles. The van der Waals surface area contributed by atoms with E-state index in [4.69, 9.17) is 40.1 Å². The molecule has 2 bridgehead atoms. The molecule has 91 heavy (non-hydrogen) atoms. The molecule has 3 aromatic carbocycles. The van der Waals surface area contributed by atoms with E-state index in [-0.39, 0.29) is 97.3 Å². The lowest BCUT2D eigenvalue weighted by Crippen LogP contribution is -2.58. The van der Waals surface area contributed by atoms with Crippen molar-refractivity contribution < 1.29 is 56.7 Å². The summed E-state index contributed by atoms with van der Waals surface area (Å²) in [6.07, 6.45) is 13.0. The molecular weight excluding hydrogens is 1170 g/mol. The molecule has 0 radical (unpaired) electrons. The van der Waals surface area contributed by atoms with Gasteiger partial charge in [-0.25, -0.2) is 13.6 Å². The number of ether oxygens (including phenoxy) is 5. The van der Waals surface area contributed by atoms with Crippen LogP contribution >= 0.6 is 0 Å². The fourth-order valence-electron chi connectivity index (χ4n) is 12.8. The van der Waals surface area contributed by atoms with Gasteiger partial charge in [-0.1, -0.05) is 57.0 Å². The number of anilines is 1. The third kappa shape index (κ3) is 14.8. The van der Waals surface area contributed by atoms with E-state index in [0.29, 0.717) is 60.6 Å². The average molecular weight is 1250 g/mol. The molecule has 6 aromatic rings. The first kappa shape index (κ1) is 65.3. The number of hydrogen-bond donors (Lipinski definition) is 3. The number of nitrogens with zero attached hydrogens (tertiary/aromatic N) is 9. The third-order valence-corrected chi connectivity index (χ3v) is 17.2. The van der Waals surface area contributed by atoms with Crippen molar-refractivity contribution in [1.29, 1.82) is 5.26 Å². The van der Waals surface area contributed by atoms with E-state index in [1.54, 1.807) is 24.4 Å². The highest BCUT2D eigenvalue weighted by atomic mass is 19.1. The van der Waals surface area contributed by atoms with Gasteiger partial charge in [-0.3, -0.25) is 34.2 Å². The molecule has 4 aliphatic rings. The predicted octanol–water partition coefficient (Wildman–Crippen LogP) is 8.62. The number of aromatic nitrogens is 4. The molecule has 21 nitrogen and oxygen atoms in total. The number of β-amino-alcohol motifs (C(OH)–C–C–N with tert-alkyl or cyclic N) is 1. The molecule has 7 atom stereocenters. The Morgan fingerprint density at radius 3 is 2.37 bits per heavy atom. The summed E-state index contributed by atoms with van der Waals surface area (Å²) >= 11 is 0. The summed E-state index contributed by atoms with van der Waals surface area (Å²) in [4.78, 5) is 81.1. The minimum Gasteiger partial charge on any atom is -0.468 e. The minimum atomic E-state index is -1.01. The summed E-state index contributed by atoms with van der Waals surface area (Å²) in [6.45, 7) is 15.5. The minimum absolute atomic E-state index is 0.0230. The normalized spacial score (nSPS) is 19.9. The van der Waals surface area contributed by atoms with Crippen LogP contribution in [0.4, 0.5) is 19.4 Å². The second-order valence-corrected chi connectivity index (χ2v) is 25.9. The van der Waals surface area contributed by atoms with E-state index >= 15 is 8.78 Å². The lowest BCUT2D eigenvalue weighted by molar-refractivity contribution is -0.144. The topological polar surface area (TPSA) is 247 Å². The average Bonchev–Trinajstić information content (AvgIpc) is 1.23. The first-order valence-electron chi connectivity index (χ1n) is 31.0. The van der Waals surface area contributed by atoms with Crippen molar-refractivity contribution in [3.05, 3.63) is 102 Å². The van der Waals surface area contributed by atoms with Crippen LogP contribution < -0.4 is 25.0 Å². The lowest BCUT2D eigenvalue weighted by Gasteiger charge is -2.42. The van der Waals surface area contributed by atoms with E-state index in [2.05, 4.69) is 37.5 Å². The van der Waals surface area contributed by atoms with Crippen molar-refractivity contribution in [1.82, 2.24) is 45.3 Å². The van der Waals surface area contributed by atoms with Gasteiger partial charge in [-0.15, -0.1) is 6.42 Å². The first-order chi connectivity index (χ1) is 43.5. The number of carbonyl (C=O) groups is 4. The van der Waals surface area contributed by atoms with Gasteiger partial charge >= 0.3 is 12.1 Å². The van der Waals surface area contributed by atoms with Crippen LogP contribution in [-0.4, -0.2) is 172 Å². The predicted molar refractivity (Wildman–Crippen MR) is 336 cm³/mol. The Kier molecular flexibility index (Phi) is 20.0. The number of likely N-dealkylation sites (tertiary alicyclic amines) is 2. The Morgan fingerprint density at radius 1 is 0.912 bits per heavy atom. The zero-order chi connectivity index (χ0) is 64.9. The number of fused-ring (bicyclic) bond motifs is 4. The Balaban J connectivity index is 0.770. The molecule has 0 spiro atoms. The summed E-state index contributed by atoms with van der Waals surface area (Å²) in [5, 5.41) is 27.3. The molecular formula is C68H79F2N11O10. The molecule has 23 heteroatoms. The fraction of sp³-hybridized carbons (Fsp3) is 0.485. The summed E-state index contributed by atoms with van der Waals surface area (Å²) in [6, 6.07) is 14.4. The number of nitriles is 1. The summed E-state index contributed by atoms with van der Waals surface area (Å²) < 4.78 is 62.3. The van der Waals surface area contributed by atoms with Crippen molar-refractivity contribution in [3.8, 4) is 52.6 Å². The Morgan fingerprint density at radius 2 is 1.67 bits per heavy atom. The third-order valence-electron chi connectivity index (χ3n) is 17.2.